The second-order valence-corrected chi connectivity index (χ2v) is 7.32. The van der Waals surface area contributed by atoms with Gasteiger partial charge in [0, 0.05) is 0 Å². The molecule has 3 aromatic rings. The molecule has 0 aliphatic heterocycles. The lowest BCUT2D eigenvalue weighted by Crippen LogP contribution is -2.05. The molecule has 0 atom stereocenters. The zero-order valence-electron chi connectivity index (χ0n) is 17.0. The maximum atomic E-state index is 2.29. The Morgan fingerprint density at radius 1 is 0.481 bits per heavy atom. The molecule has 0 aromatic heterocycles. The summed E-state index contributed by atoms with van der Waals surface area (Å²) in [6.45, 7) is 6.68. The number of hydrogen-bond acceptors (Lipinski definition) is 0. The van der Waals surface area contributed by atoms with Crippen LogP contribution in [0.4, 0.5) is 0 Å². The predicted octanol–water partition coefficient (Wildman–Crippen LogP) is 7.17. The van der Waals surface area contributed by atoms with E-state index in [0.29, 0.717) is 0 Å². The van der Waals surface area contributed by atoms with Gasteiger partial charge in [-0.15, -0.1) is 0 Å². The maximum absolute atomic E-state index is 2.29. The van der Waals surface area contributed by atoms with E-state index in [1.165, 1.54) is 52.1 Å². The number of hydrogen-bond donors (Lipinski definition) is 0. The highest BCUT2D eigenvalue weighted by atomic mass is 14.2. The first-order valence-corrected chi connectivity index (χ1v) is 10.4. The molecule has 0 bridgehead atoms. The van der Waals surface area contributed by atoms with Gasteiger partial charge in [-0.2, -0.15) is 0 Å². The van der Waals surface area contributed by atoms with E-state index in [2.05, 4.69) is 93.6 Å². The van der Waals surface area contributed by atoms with E-state index >= 15 is 0 Å². The Labute approximate surface area is 165 Å². The fourth-order valence-electron chi connectivity index (χ4n) is 3.66. The summed E-state index contributed by atoms with van der Waals surface area (Å²) in [5, 5.41) is 0. The third-order valence-corrected chi connectivity index (χ3v) is 5.21. The Bertz CT molecular complexity index is 758. The van der Waals surface area contributed by atoms with Gasteiger partial charge in [0.1, 0.15) is 0 Å². The number of benzene rings is 3. The van der Waals surface area contributed by atoms with Gasteiger partial charge in [0.25, 0.3) is 0 Å². The Hall–Kier alpha value is -2.47. The van der Waals surface area contributed by atoms with Crippen molar-refractivity contribution in [3.05, 3.63) is 112 Å². The van der Waals surface area contributed by atoms with Crippen molar-refractivity contribution in [1.82, 2.24) is 0 Å². The zero-order chi connectivity index (χ0) is 19.1. The van der Waals surface area contributed by atoms with Crippen LogP contribution in [0.15, 0.2) is 72.8 Å². The van der Waals surface area contributed by atoms with Crippen molar-refractivity contribution >= 4 is 0 Å². The molecule has 0 saturated carbocycles. The molecule has 0 aliphatic carbocycles. The van der Waals surface area contributed by atoms with Crippen LogP contribution < -0.4 is 0 Å². The fraction of sp³-hybridized carbons (Fsp3) is 0.296. The van der Waals surface area contributed by atoms with Crippen molar-refractivity contribution < 1.29 is 0 Å². The van der Waals surface area contributed by atoms with Gasteiger partial charge in [-0.25, -0.2) is 0 Å². The van der Waals surface area contributed by atoms with Gasteiger partial charge in [-0.05, 0) is 109 Å². The molecule has 138 valence electrons. The van der Waals surface area contributed by atoms with Crippen molar-refractivity contribution in [2.45, 2.75) is 52.9 Å². The number of aryl methyl sites for hydroxylation is 3. The normalized spacial score (nSPS) is 10.8. The summed E-state index contributed by atoms with van der Waals surface area (Å²) in [6, 6.07) is 27.3. The molecule has 0 heterocycles. The maximum Gasteiger partial charge on any atom is 0.0631 e. The van der Waals surface area contributed by atoms with Crippen molar-refractivity contribution in [3.63, 3.8) is 0 Å². The quantitative estimate of drug-likeness (QED) is 0.297. The van der Waals surface area contributed by atoms with Gasteiger partial charge in [-0.1, -0.05) is 33.6 Å². The summed E-state index contributed by atoms with van der Waals surface area (Å²) in [5.41, 5.74) is 8.10. The largest absolute Gasteiger partial charge is 0.0651 e. The van der Waals surface area contributed by atoms with Gasteiger partial charge in [0.05, 0.1) is 22.6 Å². The first-order valence-electron chi connectivity index (χ1n) is 10.4. The average Bonchev–Trinajstić information content (AvgIpc) is 2.72. The first-order chi connectivity index (χ1) is 13.2. The monoisotopic (exact) mass is 355 g/mol. The van der Waals surface area contributed by atoms with Crippen LogP contribution in [-0.2, 0) is 19.3 Å². The highest BCUT2D eigenvalue weighted by Crippen LogP contribution is 2.32. The Morgan fingerprint density at radius 2 is 0.815 bits per heavy atom. The second kappa shape index (κ2) is 9.46. The van der Waals surface area contributed by atoms with Crippen LogP contribution in [0.1, 0.15) is 67.0 Å². The molecule has 0 radical (unpaired) electrons. The van der Waals surface area contributed by atoms with Crippen LogP contribution in [0.25, 0.3) is 0 Å². The van der Waals surface area contributed by atoms with Crippen molar-refractivity contribution in [2.75, 3.05) is 0 Å². The molecule has 3 rings (SSSR count). The molecule has 0 aliphatic rings. The van der Waals surface area contributed by atoms with Gasteiger partial charge in [-0.3, -0.25) is 0 Å². The van der Waals surface area contributed by atoms with E-state index in [1.807, 2.05) is 0 Å². The first kappa shape index (κ1) is 19.3. The van der Waals surface area contributed by atoms with E-state index in [9.17, 15) is 0 Å². The Balaban J connectivity index is 1.99. The summed E-state index contributed by atoms with van der Waals surface area (Å²) < 4.78 is 0. The van der Waals surface area contributed by atoms with Crippen LogP contribution in [0.3, 0.4) is 0 Å². The molecule has 0 nitrogen and oxygen atoms in total. The predicted molar refractivity (Wildman–Crippen MR) is 117 cm³/mol. The van der Waals surface area contributed by atoms with Gasteiger partial charge in [0.2, 0.25) is 0 Å². The average molecular weight is 356 g/mol. The number of rotatable bonds is 8. The van der Waals surface area contributed by atoms with Crippen LogP contribution in [0.5, 0.6) is 0 Å². The summed E-state index contributed by atoms with van der Waals surface area (Å²) in [7, 11) is 0. The molecule has 0 amide bonds. The summed E-state index contributed by atoms with van der Waals surface area (Å²) in [6.07, 6.45) is 5.74. The summed E-state index contributed by atoms with van der Waals surface area (Å²) in [4.78, 5) is 0. The SMILES string of the molecule is CCCc1ccc([C+](c2ccc(CC)cc2)c2ccc(CCC)cc2)cc1. The van der Waals surface area contributed by atoms with Crippen LogP contribution in [-0.4, -0.2) is 0 Å². The molecule has 0 N–H and O–H groups in total. The summed E-state index contributed by atoms with van der Waals surface area (Å²) >= 11 is 0. The lowest BCUT2D eigenvalue weighted by atomic mass is 9.84. The van der Waals surface area contributed by atoms with Crippen LogP contribution in [0.2, 0.25) is 0 Å². The third kappa shape index (κ3) is 4.83. The van der Waals surface area contributed by atoms with Gasteiger partial charge in [0.15, 0.2) is 0 Å². The van der Waals surface area contributed by atoms with Gasteiger partial charge < -0.3 is 0 Å². The van der Waals surface area contributed by atoms with Crippen molar-refractivity contribution in [3.8, 4) is 0 Å². The van der Waals surface area contributed by atoms with Crippen LogP contribution >= 0.6 is 0 Å². The van der Waals surface area contributed by atoms with Crippen LogP contribution in [0, 0.1) is 5.92 Å². The van der Waals surface area contributed by atoms with Gasteiger partial charge >= 0.3 is 0 Å². The molecule has 0 fully saturated rings. The summed E-state index contributed by atoms with van der Waals surface area (Å²) in [5.74, 6) is 1.32. The lowest BCUT2D eigenvalue weighted by molar-refractivity contribution is 0.920. The standard InChI is InChI=1S/C27H31/c1-4-7-22-11-17-25(18-12-22)27(24-15-9-21(6-3)10-16-24)26-19-13-23(8-5-2)14-20-26/h9-20H,4-8H2,1-3H3/q+1. The fourth-order valence-corrected chi connectivity index (χ4v) is 3.66. The highest BCUT2D eigenvalue weighted by molar-refractivity contribution is 5.58. The molecule has 3 aromatic carbocycles. The second-order valence-electron chi connectivity index (χ2n) is 7.32. The van der Waals surface area contributed by atoms with E-state index in [1.54, 1.807) is 0 Å². The minimum Gasteiger partial charge on any atom is -0.0651 e. The Morgan fingerprint density at radius 3 is 1.11 bits per heavy atom. The van der Waals surface area contributed by atoms with Crippen molar-refractivity contribution in [1.29, 1.82) is 0 Å². The molecule has 0 saturated heterocycles. The molecule has 0 heteroatoms. The molecular formula is C27H31+. The Kier molecular flexibility index (Phi) is 6.76. The molecule has 0 unspecified atom stereocenters. The van der Waals surface area contributed by atoms with E-state index in [-0.39, 0.29) is 0 Å². The lowest BCUT2D eigenvalue weighted by Gasteiger charge is -2.15. The molecule has 27 heavy (non-hydrogen) atoms. The minimum absolute atomic E-state index is 1.08. The van der Waals surface area contributed by atoms with Crippen molar-refractivity contribution in [2.24, 2.45) is 0 Å². The smallest absolute Gasteiger partial charge is 0.0631 e. The molecule has 0 spiro atoms. The van der Waals surface area contributed by atoms with E-state index in [4.69, 9.17) is 0 Å². The topological polar surface area (TPSA) is 0 Å². The minimum atomic E-state index is 1.08. The van der Waals surface area contributed by atoms with E-state index in [0.717, 1.165) is 19.3 Å². The highest BCUT2D eigenvalue weighted by Gasteiger charge is 2.22. The van der Waals surface area contributed by atoms with E-state index < -0.39 is 0 Å². The molecular weight excluding hydrogens is 324 g/mol. The third-order valence-electron chi connectivity index (χ3n) is 5.21. The zero-order valence-corrected chi connectivity index (χ0v) is 17.0.